The molecule has 0 fully saturated rings. The van der Waals surface area contributed by atoms with Crippen molar-refractivity contribution in [2.75, 3.05) is 0 Å². The molecular formula is C20H14ClN3O4. The van der Waals surface area contributed by atoms with Gasteiger partial charge in [-0.05, 0) is 23.2 Å². The van der Waals surface area contributed by atoms with Gasteiger partial charge < -0.3 is 14.9 Å². The molecule has 8 heteroatoms. The van der Waals surface area contributed by atoms with Crippen molar-refractivity contribution >= 4 is 11.6 Å². The van der Waals surface area contributed by atoms with Crippen LogP contribution in [0.4, 0.5) is 0 Å². The molecule has 0 atom stereocenters. The highest BCUT2D eigenvalue weighted by Crippen LogP contribution is 2.36. The average molecular weight is 396 g/mol. The summed E-state index contributed by atoms with van der Waals surface area (Å²) in [6.45, 7) is 0. The van der Waals surface area contributed by atoms with Crippen molar-refractivity contribution < 1.29 is 15.2 Å². The maximum Gasteiger partial charge on any atom is 0.248 e. The van der Waals surface area contributed by atoms with E-state index in [1.54, 1.807) is 30.5 Å². The highest BCUT2D eigenvalue weighted by Gasteiger charge is 2.17. The van der Waals surface area contributed by atoms with Gasteiger partial charge >= 0.3 is 0 Å². The van der Waals surface area contributed by atoms with Crippen molar-refractivity contribution in [2.45, 2.75) is 0 Å². The van der Waals surface area contributed by atoms with E-state index in [2.05, 4.69) is 19.9 Å². The molecule has 4 aromatic rings. The number of hydrogen-bond donors (Lipinski definition) is 3. The Bertz CT molecular complexity index is 1170. The molecule has 0 radical (unpaired) electrons. The van der Waals surface area contributed by atoms with Crippen molar-refractivity contribution in [3.63, 3.8) is 0 Å². The number of aromatic nitrogens is 3. The molecule has 28 heavy (non-hydrogen) atoms. The summed E-state index contributed by atoms with van der Waals surface area (Å²) >= 11 is 6.05. The van der Waals surface area contributed by atoms with Gasteiger partial charge in [0.2, 0.25) is 5.56 Å². The fourth-order valence-corrected chi connectivity index (χ4v) is 3.03. The molecule has 0 unspecified atom stereocenters. The summed E-state index contributed by atoms with van der Waals surface area (Å²) in [7, 11) is 0. The highest BCUT2D eigenvalue weighted by molar-refractivity contribution is 6.32. The van der Waals surface area contributed by atoms with Crippen LogP contribution in [0.2, 0.25) is 5.02 Å². The van der Waals surface area contributed by atoms with Crippen LogP contribution in [0.15, 0.2) is 71.7 Å². The molecule has 0 aliphatic heterocycles. The van der Waals surface area contributed by atoms with Crippen molar-refractivity contribution in [2.24, 2.45) is 0 Å². The van der Waals surface area contributed by atoms with Gasteiger partial charge in [-0.25, -0.2) is 10.2 Å². The number of benzene rings is 2. The summed E-state index contributed by atoms with van der Waals surface area (Å²) < 4.78 is 0. The van der Waals surface area contributed by atoms with Crippen molar-refractivity contribution in [1.82, 2.24) is 15.0 Å². The molecule has 0 aliphatic carbocycles. The van der Waals surface area contributed by atoms with Gasteiger partial charge in [-0.15, -0.1) is 0 Å². The number of H-pyrrole nitrogens is 2. The van der Waals surface area contributed by atoms with Gasteiger partial charge in [-0.3, -0.25) is 4.79 Å². The van der Waals surface area contributed by atoms with Crippen LogP contribution in [0.5, 0.6) is 5.75 Å². The summed E-state index contributed by atoms with van der Waals surface area (Å²) in [5.41, 5.74) is 3.23. The van der Waals surface area contributed by atoms with Gasteiger partial charge in [-0.2, -0.15) is 0 Å². The Balaban J connectivity index is 1.91. The summed E-state index contributed by atoms with van der Waals surface area (Å²) in [6, 6.07) is 17.8. The van der Waals surface area contributed by atoms with Crippen molar-refractivity contribution in [1.29, 1.82) is 0 Å². The van der Waals surface area contributed by atoms with Gasteiger partial charge in [0.05, 0.1) is 16.4 Å². The van der Waals surface area contributed by atoms with Crippen LogP contribution in [0.1, 0.15) is 0 Å². The lowest BCUT2D eigenvalue weighted by molar-refractivity contribution is -0.438. The third-order valence-corrected chi connectivity index (χ3v) is 4.46. The smallest absolute Gasteiger partial charge is 0.248 e. The largest absolute Gasteiger partial charge is 0.337 e. The van der Waals surface area contributed by atoms with Crippen LogP contribution in [0.25, 0.3) is 33.9 Å². The van der Waals surface area contributed by atoms with E-state index in [9.17, 15) is 4.79 Å². The Morgan fingerprint density at radius 2 is 1.79 bits per heavy atom. The number of nitrogens with zero attached hydrogens (tertiary/aromatic N) is 1. The summed E-state index contributed by atoms with van der Waals surface area (Å²) in [5.74, 6) is 0.768. The molecule has 7 nitrogen and oxygen atoms in total. The van der Waals surface area contributed by atoms with Gasteiger partial charge in [0.15, 0.2) is 5.75 Å². The fourth-order valence-electron chi connectivity index (χ4n) is 2.88. The van der Waals surface area contributed by atoms with Gasteiger partial charge in [0, 0.05) is 29.0 Å². The quantitative estimate of drug-likeness (QED) is 0.340. The molecule has 0 spiro atoms. The lowest BCUT2D eigenvalue weighted by atomic mass is 10.1. The van der Waals surface area contributed by atoms with E-state index in [-0.39, 0.29) is 16.3 Å². The molecule has 2 aromatic carbocycles. The number of imidazole rings is 1. The number of pyridine rings is 1. The van der Waals surface area contributed by atoms with Gasteiger partial charge in [0.25, 0.3) is 0 Å². The molecule has 2 heterocycles. The molecule has 0 saturated carbocycles. The molecule has 0 bridgehead atoms. The minimum absolute atomic E-state index is 0.128. The van der Waals surface area contributed by atoms with E-state index in [0.29, 0.717) is 28.3 Å². The average Bonchev–Trinajstić information content (AvgIpc) is 3.16. The van der Waals surface area contributed by atoms with E-state index in [1.165, 1.54) is 6.07 Å². The normalized spacial score (nSPS) is 10.8. The van der Waals surface area contributed by atoms with Crippen LogP contribution in [-0.4, -0.2) is 20.2 Å². The van der Waals surface area contributed by atoms with Crippen LogP contribution in [-0.2, 0) is 5.04 Å². The third-order valence-electron chi connectivity index (χ3n) is 4.15. The first-order chi connectivity index (χ1) is 13.7. The Morgan fingerprint density at radius 3 is 2.54 bits per heavy atom. The molecule has 4 rings (SSSR count). The third kappa shape index (κ3) is 3.54. The van der Waals surface area contributed by atoms with Gasteiger partial charge in [0.1, 0.15) is 5.82 Å². The van der Waals surface area contributed by atoms with E-state index in [0.717, 1.165) is 5.56 Å². The minimum atomic E-state index is -0.229. The first-order valence-electron chi connectivity index (χ1n) is 8.28. The number of halogens is 1. The maximum absolute atomic E-state index is 11.8. The molecular weight excluding hydrogens is 382 g/mol. The van der Waals surface area contributed by atoms with Gasteiger partial charge in [-0.1, -0.05) is 48.0 Å². The van der Waals surface area contributed by atoms with Crippen LogP contribution < -0.4 is 10.4 Å². The van der Waals surface area contributed by atoms with E-state index in [4.69, 9.17) is 21.8 Å². The van der Waals surface area contributed by atoms with Crippen molar-refractivity contribution in [3.8, 4) is 39.7 Å². The summed E-state index contributed by atoms with van der Waals surface area (Å²) in [4.78, 5) is 27.1. The second-order valence-electron chi connectivity index (χ2n) is 5.92. The highest BCUT2D eigenvalue weighted by atomic mass is 35.5. The van der Waals surface area contributed by atoms with Crippen molar-refractivity contribution in [3.05, 3.63) is 82.2 Å². The van der Waals surface area contributed by atoms with E-state index >= 15 is 0 Å². The monoisotopic (exact) mass is 395 g/mol. The minimum Gasteiger partial charge on any atom is -0.337 e. The predicted octanol–water partition coefficient (Wildman–Crippen LogP) is 4.54. The Kier molecular flexibility index (Phi) is 4.94. The Labute approximate surface area is 164 Å². The predicted molar refractivity (Wildman–Crippen MR) is 105 cm³/mol. The zero-order valence-electron chi connectivity index (χ0n) is 14.3. The number of aromatic amines is 2. The number of rotatable bonds is 5. The Hall–Kier alpha value is -3.39. The zero-order valence-corrected chi connectivity index (χ0v) is 15.1. The van der Waals surface area contributed by atoms with E-state index < -0.39 is 0 Å². The fraction of sp³-hybridized carbons (Fsp3) is 0. The SMILES string of the molecule is O=c1cc(-c2[nH]c(-c3ccccc3)nc2-c2ccc(Cl)c(OOO)c2)cc[nH]1. The zero-order chi connectivity index (χ0) is 19.5. The topological polar surface area (TPSA) is 100 Å². The lowest BCUT2D eigenvalue weighted by Gasteiger charge is -2.06. The van der Waals surface area contributed by atoms with Crippen LogP contribution in [0.3, 0.4) is 0 Å². The molecule has 0 saturated heterocycles. The maximum atomic E-state index is 11.8. The molecule has 3 N–H and O–H groups in total. The lowest BCUT2D eigenvalue weighted by Crippen LogP contribution is -2.02. The molecule has 0 amide bonds. The summed E-state index contributed by atoms with van der Waals surface area (Å²) in [5, 5.41) is 12.6. The van der Waals surface area contributed by atoms with Crippen LogP contribution in [0, 0.1) is 0 Å². The molecule has 2 aromatic heterocycles. The second-order valence-corrected chi connectivity index (χ2v) is 6.33. The first kappa shape index (κ1) is 18.0. The molecule has 140 valence electrons. The summed E-state index contributed by atoms with van der Waals surface area (Å²) in [6.07, 6.45) is 1.57. The number of hydrogen-bond acceptors (Lipinski definition) is 5. The second kappa shape index (κ2) is 7.69. The standard InChI is InChI=1S/C20H14ClN3O4/c21-15-7-6-13(10-16(15)27-28-26)18-19(14-8-9-22-17(25)11-14)24-20(23-18)12-4-2-1-3-5-12/h1-11,26H,(H,22,25)(H,23,24). The number of nitrogens with one attached hydrogen (secondary N) is 2. The Morgan fingerprint density at radius 1 is 0.964 bits per heavy atom. The van der Waals surface area contributed by atoms with Crippen LogP contribution >= 0.6 is 11.6 Å². The molecule has 0 aliphatic rings. The first-order valence-corrected chi connectivity index (χ1v) is 8.66. The van der Waals surface area contributed by atoms with E-state index in [1.807, 2.05) is 30.3 Å².